The van der Waals surface area contributed by atoms with Crippen LogP contribution >= 0.6 is 0 Å². The summed E-state index contributed by atoms with van der Waals surface area (Å²) in [5.41, 5.74) is 0.903. The van der Waals surface area contributed by atoms with E-state index in [1.54, 1.807) is 0 Å². The molecule has 1 fully saturated rings. The summed E-state index contributed by atoms with van der Waals surface area (Å²) >= 11 is 0. The summed E-state index contributed by atoms with van der Waals surface area (Å²) in [4.78, 5) is 49.2. The zero-order chi connectivity index (χ0) is 16.8. The van der Waals surface area contributed by atoms with Crippen molar-refractivity contribution in [3.63, 3.8) is 0 Å². The van der Waals surface area contributed by atoms with Gasteiger partial charge in [0, 0.05) is 13.1 Å². The van der Waals surface area contributed by atoms with Crippen molar-refractivity contribution in [2.24, 2.45) is 0 Å². The minimum absolute atomic E-state index is 0.196. The lowest BCUT2D eigenvalue weighted by Gasteiger charge is -2.15. The lowest BCUT2D eigenvalue weighted by Crippen LogP contribution is -2.41. The van der Waals surface area contributed by atoms with E-state index >= 15 is 0 Å². The highest BCUT2D eigenvalue weighted by molar-refractivity contribution is 6.45. The lowest BCUT2D eigenvalue weighted by molar-refractivity contribution is -0.144. The number of rotatable bonds is 7. The van der Waals surface area contributed by atoms with Crippen LogP contribution in [0.15, 0.2) is 30.3 Å². The Bertz CT molecular complexity index is 615. The van der Waals surface area contributed by atoms with Crippen LogP contribution < -0.4 is 5.32 Å². The second-order valence-corrected chi connectivity index (χ2v) is 5.25. The van der Waals surface area contributed by atoms with Crippen molar-refractivity contribution in [2.45, 2.75) is 26.3 Å². The quantitative estimate of drug-likeness (QED) is 0.598. The predicted molar refractivity (Wildman–Crippen MR) is 82.0 cm³/mol. The first-order chi connectivity index (χ1) is 11.0. The van der Waals surface area contributed by atoms with Crippen molar-refractivity contribution in [3.8, 4) is 0 Å². The fourth-order valence-corrected chi connectivity index (χ4v) is 2.20. The first kappa shape index (κ1) is 16.7. The van der Waals surface area contributed by atoms with Gasteiger partial charge in [0.05, 0.1) is 0 Å². The molecule has 5 amide bonds. The fourth-order valence-electron chi connectivity index (χ4n) is 2.20. The van der Waals surface area contributed by atoms with Crippen LogP contribution in [0, 0.1) is 0 Å². The van der Waals surface area contributed by atoms with E-state index in [4.69, 9.17) is 0 Å². The number of nitrogens with zero attached hydrogens (tertiary/aromatic N) is 2. The summed E-state index contributed by atoms with van der Waals surface area (Å²) in [5.74, 6) is -2.29. The molecule has 0 atom stereocenters. The van der Waals surface area contributed by atoms with Gasteiger partial charge in [-0.05, 0) is 12.0 Å². The average Bonchev–Trinajstić information content (AvgIpc) is 2.76. The number of unbranched alkanes of at least 4 members (excludes halogenated alkanes) is 1. The van der Waals surface area contributed by atoms with E-state index in [0.717, 1.165) is 16.9 Å². The Morgan fingerprint density at radius 3 is 2.35 bits per heavy atom. The zero-order valence-corrected chi connectivity index (χ0v) is 12.9. The molecule has 0 radical (unpaired) electrons. The maximum atomic E-state index is 12.1. The monoisotopic (exact) mass is 317 g/mol. The smallest absolute Gasteiger partial charge is 0.334 e. The van der Waals surface area contributed by atoms with E-state index in [2.05, 4.69) is 5.32 Å². The molecule has 0 aliphatic carbocycles. The topological polar surface area (TPSA) is 86.8 Å². The highest BCUT2D eigenvalue weighted by Crippen LogP contribution is 2.12. The number of nitrogens with one attached hydrogen (secondary N) is 1. The van der Waals surface area contributed by atoms with E-state index in [0.29, 0.717) is 17.9 Å². The van der Waals surface area contributed by atoms with Crippen molar-refractivity contribution in [1.29, 1.82) is 0 Å². The van der Waals surface area contributed by atoms with Crippen LogP contribution in [0.3, 0.4) is 0 Å². The number of hydrogen-bond acceptors (Lipinski definition) is 4. The van der Waals surface area contributed by atoms with Crippen molar-refractivity contribution in [1.82, 2.24) is 15.1 Å². The summed E-state index contributed by atoms with van der Waals surface area (Å²) in [6.45, 7) is 1.96. The fraction of sp³-hybridized carbons (Fsp3) is 0.375. The van der Waals surface area contributed by atoms with E-state index < -0.39 is 30.3 Å². The third-order valence-corrected chi connectivity index (χ3v) is 3.50. The third kappa shape index (κ3) is 3.94. The van der Waals surface area contributed by atoms with E-state index in [9.17, 15) is 19.2 Å². The van der Waals surface area contributed by atoms with Gasteiger partial charge in [0.15, 0.2) is 0 Å². The molecule has 122 valence electrons. The molecule has 1 saturated heterocycles. The molecule has 2 rings (SSSR count). The van der Waals surface area contributed by atoms with Crippen LogP contribution in [0.4, 0.5) is 4.79 Å². The van der Waals surface area contributed by atoms with Gasteiger partial charge in [-0.3, -0.25) is 19.3 Å². The normalized spacial score (nSPS) is 14.6. The number of amides is 5. The van der Waals surface area contributed by atoms with E-state index in [1.807, 2.05) is 37.3 Å². The van der Waals surface area contributed by atoms with Gasteiger partial charge >= 0.3 is 17.8 Å². The van der Waals surface area contributed by atoms with Gasteiger partial charge in [0.1, 0.15) is 6.54 Å². The zero-order valence-electron chi connectivity index (χ0n) is 12.9. The summed E-state index contributed by atoms with van der Waals surface area (Å²) in [7, 11) is 0. The highest BCUT2D eigenvalue weighted by Gasteiger charge is 2.44. The standard InChI is InChI=1S/C16H19N3O4/c1-2-3-9-18-14(21)15(22)19(16(18)23)11-13(20)17-10-12-7-5-4-6-8-12/h4-8H,2-3,9-11H2,1H3,(H,17,20). The minimum atomic E-state index is -0.944. The molecule has 1 aliphatic rings. The van der Waals surface area contributed by atoms with Crippen LogP contribution in [0.5, 0.6) is 0 Å². The maximum absolute atomic E-state index is 12.1. The van der Waals surface area contributed by atoms with Gasteiger partial charge in [-0.2, -0.15) is 0 Å². The van der Waals surface area contributed by atoms with Crippen molar-refractivity contribution < 1.29 is 19.2 Å². The lowest BCUT2D eigenvalue weighted by atomic mass is 10.2. The molecular weight excluding hydrogens is 298 g/mol. The molecule has 1 aromatic carbocycles. The van der Waals surface area contributed by atoms with E-state index in [-0.39, 0.29) is 6.54 Å². The Balaban J connectivity index is 1.91. The summed E-state index contributed by atoms with van der Waals surface area (Å²) in [5, 5.41) is 2.62. The SMILES string of the molecule is CCCCN1C(=O)C(=O)N(CC(=O)NCc2ccccc2)C1=O. The third-order valence-electron chi connectivity index (χ3n) is 3.50. The highest BCUT2D eigenvalue weighted by atomic mass is 16.2. The first-order valence-electron chi connectivity index (χ1n) is 7.52. The van der Waals surface area contributed by atoms with Gasteiger partial charge < -0.3 is 5.32 Å². The largest absolute Gasteiger partial charge is 0.350 e. The maximum Gasteiger partial charge on any atom is 0.334 e. The molecule has 23 heavy (non-hydrogen) atoms. The molecule has 0 spiro atoms. The first-order valence-corrected chi connectivity index (χ1v) is 7.52. The van der Waals surface area contributed by atoms with Gasteiger partial charge in [-0.15, -0.1) is 0 Å². The second-order valence-electron chi connectivity index (χ2n) is 5.25. The summed E-state index contributed by atoms with van der Waals surface area (Å²) in [6, 6.07) is 8.54. The molecular formula is C16H19N3O4. The van der Waals surface area contributed by atoms with Crippen LogP contribution in [0.1, 0.15) is 25.3 Å². The molecule has 1 N–H and O–H groups in total. The molecule has 0 unspecified atom stereocenters. The Kier molecular flexibility index (Phi) is 5.46. The number of urea groups is 1. The molecule has 7 heteroatoms. The number of benzene rings is 1. The Morgan fingerprint density at radius 1 is 1.04 bits per heavy atom. The van der Waals surface area contributed by atoms with Crippen molar-refractivity contribution in [2.75, 3.05) is 13.1 Å². The number of carbonyl (C=O) groups is 4. The molecule has 0 bridgehead atoms. The molecule has 0 aromatic heterocycles. The molecule has 0 saturated carbocycles. The van der Waals surface area contributed by atoms with Crippen molar-refractivity contribution >= 4 is 23.8 Å². The molecule has 1 aliphatic heterocycles. The molecule has 1 aromatic rings. The van der Waals surface area contributed by atoms with Crippen molar-refractivity contribution in [3.05, 3.63) is 35.9 Å². The van der Waals surface area contributed by atoms with Gasteiger partial charge in [0.25, 0.3) is 0 Å². The number of imide groups is 2. The minimum Gasteiger partial charge on any atom is -0.350 e. The van der Waals surface area contributed by atoms with E-state index in [1.165, 1.54) is 0 Å². The van der Waals surface area contributed by atoms with Crippen LogP contribution in [-0.2, 0) is 20.9 Å². The van der Waals surface area contributed by atoms with Gasteiger partial charge in [0.2, 0.25) is 5.91 Å². The van der Waals surface area contributed by atoms with Crippen LogP contribution in [0.25, 0.3) is 0 Å². The van der Waals surface area contributed by atoms with Gasteiger partial charge in [-0.1, -0.05) is 43.7 Å². The van der Waals surface area contributed by atoms with Crippen LogP contribution in [-0.4, -0.2) is 46.6 Å². The molecule has 1 heterocycles. The average molecular weight is 317 g/mol. The number of hydrogen-bond donors (Lipinski definition) is 1. The number of carbonyl (C=O) groups excluding carboxylic acids is 4. The second kappa shape index (κ2) is 7.53. The molecule has 7 nitrogen and oxygen atoms in total. The summed E-state index contributed by atoms with van der Waals surface area (Å²) < 4.78 is 0. The Labute approximate surface area is 134 Å². The van der Waals surface area contributed by atoms with Crippen LogP contribution in [0.2, 0.25) is 0 Å². The Morgan fingerprint density at radius 2 is 1.70 bits per heavy atom. The Hall–Kier alpha value is -2.70. The predicted octanol–water partition coefficient (Wildman–Crippen LogP) is 0.894. The van der Waals surface area contributed by atoms with Gasteiger partial charge in [-0.25, -0.2) is 9.69 Å². The summed E-state index contributed by atoms with van der Waals surface area (Å²) in [6.07, 6.45) is 1.42.